The third-order valence-corrected chi connectivity index (χ3v) is 3.13. The molecule has 1 N–H and O–H groups in total. The smallest absolute Gasteiger partial charge is 0.272 e. The maximum Gasteiger partial charge on any atom is 0.272 e. The number of hydrazone groups is 1. The molecule has 0 saturated carbocycles. The van der Waals surface area contributed by atoms with Gasteiger partial charge >= 0.3 is 0 Å². The molecule has 0 saturated heterocycles. The summed E-state index contributed by atoms with van der Waals surface area (Å²) in [5, 5.41) is 4.26. The Kier molecular flexibility index (Phi) is 5.65. The van der Waals surface area contributed by atoms with Crippen LogP contribution in [0, 0.1) is 0 Å². The molecule has 0 aliphatic rings. The number of methoxy groups -OCH3 is 1. The van der Waals surface area contributed by atoms with Gasteiger partial charge in [0.1, 0.15) is 5.75 Å². The summed E-state index contributed by atoms with van der Waals surface area (Å²) in [4.78, 5) is 15.9. The zero-order valence-corrected chi connectivity index (χ0v) is 12.7. The topological polar surface area (TPSA) is 63.6 Å². The van der Waals surface area contributed by atoms with E-state index in [9.17, 15) is 4.79 Å². The maximum atomic E-state index is 12.0. The number of aromatic nitrogens is 1. The molecule has 1 aromatic carbocycles. The monoisotopic (exact) mass is 297 g/mol. The van der Waals surface area contributed by atoms with Crippen molar-refractivity contribution in [3.8, 4) is 5.75 Å². The number of carbonyl (C=O) groups excluding carboxylic acids is 1. The lowest BCUT2D eigenvalue weighted by Gasteiger charge is -2.07. The molecule has 22 heavy (non-hydrogen) atoms. The highest BCUT2D eigenvalue weighted by atomic mass is 16.5. The molecule has 0 aliphatic carbocycles. The quantitative estimate of drug-likeness (QED) is 0.658. The number of hydrogen-bond acceptors (Lipinski definition) is 4. The molecule has 2 rings (SSSR count). The average Bonchev–Trinajstić information content (AvgIpc) is 2.59. The number of hydrogen-bond donors (Lipinski definition) is 1. The molecule has 2 aromatic rings. The molecule has 1 aromatic heterocycles. The summed E-state index contributed by atoms with van der Waals surface area (Å²) in [5.41, 5.74) is 4.87. The minimum absolute atomic E-state index is 0.268. The van der Waals surface area contributed by atoms with Crippen molar-refractivity contribution in [2.45, 2.75) is 19.8 Å². The summed E-state index contributed by atoms with van der Waals surface area (Å²) in [5.74, 6) is 0.522. The third kappa shape index (κ3) is 4.15. The third-order valence-electron chi connectivity index (χ3n) is 3.13. The van der Waals surface area contributed by atoms with Crippen molar-refractivity contribution in [3.63, 3.8) is 0 Å². The average molecular weight is 297 g/mol. The van der Waals surface area contributed by atoms with Crippen molar-refractivity contribution >= 4 is 11.6 Å². The summed E-state index contributed by atoms with van der Waals surface area (Å²) in [6.07, 6.45) is 4.85. The molecule has 114 valence electrons. The molecule has 0 spiro atoms. The van der Waals surface area contributed by atoms with Crippen LogP contribution in [-0.2, 0) is 0 Å². The van der Waals surface area contributed by atoms with Crippen LogP contribution in [0.3, 0.4) is 0 Å². The number of ether oxygens (including phenoxy) is 1. The van der Waals surface area contributed by atoms with E-state index in [1.165, 1.54) is 6.20 Å². The molecule has 0 atom stereocenters. The largest absolute Gasteiger partial charge is 0.497 e. The van der Waals surface area contributed by atoms with Crippen molar-refractivity contribution in [3.05, 3.63) is 59.9 Å². The second-order valence-electron chi connectivity index (χ2n) is 4.72. The maximum absolute atomic E-state index is 12.0. The van der Waals surface area contributed by atoms with Crippen molar-refractivity contribution in [1.29, 1.82) is 0 Å². The molecule has 0 aliphatic heterocycles. The van der Waals surface area contributed by atoms with E-state index in [-0.39, 0.29) is 5.91 Å². The van der Waals surface area contributed by atoms with Crippen LogP contribution in [0.25, 0.3) is 0 Å². The van der Waals surface area contributed by atoms with Gasteiger partial charge in [-0.3, -0.25) is 9.78 Å². The van der Waals surface area contributed by atoms with Crippen LogP contribution < -0.4 is 10.2 Å². The van der Waals surface area contributed by atoms with Gasteiger partial charge in [-0.2, -0.15) is 5.10 Å². The van der Waals surface area contributed by atoms with Crippen LogP contribution in [0.2, 0.25) is 0 Å². The van der Waals surface area contributed by atoms with Gasteiger partial charge in [-0.15, -0.1) is 0 Å². The molecule has 0 fully saturated rings. The van der Waals surface area contributed by atoms with Gasteiger partial charge in [0.25, 0.3) is 5.91 Å². The first-order chi connectivity index (χ1) is 10.7. The molecule has 1 amide bonds. The molecule has 0 radical (unpaired) electrons. The van der Waals surface area contributed by atoms with Crippen LogP contribution >= 0.6 is 0 Å². The second kappa shape index (κ2) is 7.93. The van der Waals surface area contributed by atoms with Crippen molar-refractivity contribution in [1.82, 2.24) is 10.4 Å². The van der Waals surface area contributed by atoms with Gasteiger partial charge in [-0.1, -0.05) is 13.3 Å². The highest BCUT2D eigenvalue weighted by molar-refractivity contribution is 6.02. The normalized spacial score (nSPS) is 11.1. The van der Waals surface area contributed by atoms with E-state index in [1.54, 1.807) is 25.4 Å². The molecule has 0 bridgehead atoms. The summed E-state index contributed by atoms with van der Waals surface area (Å²) < 4.78 is 5.15. The lowest BCUT2D eigenvalue weighted by Crippen LogP contribution is -2.20. The van der Waals surface area contributed by atoms with E-state index in [4.69, 9.17) is 4.74 Å². The van der Waals surface area contributed by atoms with Gasteiger partial charge in [0.2, 0.25) is 0 Å². The highest BCUT2D eigenvalue weighted by Gasteiger charge is 2.07. The minimum Gasteiger partial charge on any atom is -0.497 e. The van der Waals surface area contributed by atoms with Crippen molar-refractivity contribution < 1.29 is 9.53 Å². The van der Waals surface area contributed by atoms with E-state index < -0.39 is 0 Å². The van der Waals surface area contributed by atoms with Crippen LogP contribution in [0.4, 0.5) is 0 Å². The Balaban J connectivity index is 2.14. The fourth-order valence-electron chi connectivity index (χ4n) is 1.96. The Morgan fingerprint density at radius 2 is 2.00 bits per heavy atom. The molecule has 0 unspecified atom stereocenters. The standard InChI is InChI=1S/C17H19N3O2/c1-3-5-16(13-7-9-15(22-2)10-8-13)19-20-17(21)14-6-4-11-18-12-14/h4,6-12H,3,5H2,1-2H3,(H,20,21). The van der Waals surface area contributed by atoms with E-state index in [2.05, 4.69) is 22.4 Å². The van der Waals surface area contributed by atoms with E-state index in [0.29, 0.717) is 5.56 Å². The number of benzene rings is 1. The molecule has 5 nitrogen and oxygen atoms in total. The summed E-state index contributed by atoms with van der Waals surface area (Å²) in [6, 6.07) is 11.0. The van der Waals surface area contributed by atoms with E-state index >= 15 is 0 Å². The Morgan fingerprint density at radius 1 is 1.23 bits per heavy atom. The number of nitrogens with zero attached hydrogens (tertiary/aromatic N) is 2. The zero-order chi connectivity index (χ0) is 15.8. The van der Waals surface area contributed by atoms with Crippen LogP contribution in [0.15, 0.2) is 53.9 Å². The van der Waals surface area contributed by atoms with Crippen molar-refractivity contribution in [2.75, 3.05) is 7.11 Å². The van der Waals surface area contributed by atoms with E-state index in [1.807, 2.05) is 24.3 Å². The fraction of sp³-hybridized carbons (Fsp3) is 0.235. The first-order valence-corrected chi connectivity index (χ1v) is 7.16. The summed E-state index contributed by atoms with van der Waals surface area (Å²) >= 11 is 0. The predicted molar refractivity (Wildman–Crippen MR) is 86.1 cm³/mol. The SMILES string of the molecule is CCCC(=NNC(=O)c1cccnc1)c1ccc(OC)cc1. The fourth-order valence-corrected chi connectivity index (χ4v) is 1.96. The predicted octanol–water partition coefficient (Wildman–Crippen LogP) is 3.02. The van der Waals surface area contributed by atoms with Crippen LogP contribution in [0.1, 0.15) is 35.7 Å². The van der Waals surface area contributed by atoms with Gasteiger partial charge in [0.05, 0.1) is 18.4 Å². The molecule has 5 heteroatoms. The Morgan fingerprint density at radius 3 is 2.59 bits per heavy atom. The number of carbonyl (C=O) groups is 1. The molecule has 1 heterocycles. The Hall–Kier alpha value is -2.69. The van der Waals surface area contributed by atoms with Gasteiger partial charge in [-0.25, -0.2) is 5.43 Å². The lowest BCUT2D eigenvalue weighted by molar-refractivity contribution is 0.0954. The Labute approximate surface area is 130 Å². The first-order valence-electron chi connectivity index (χ1n) is 7.16. The van der Waals surface area contributed by atoms with Gasteiger partial charge in [0, 0.05) is 12.4 Å². The minimum atomic E-state index is -0.268. The van der Waals surface area contributed by atoms with Gasteiger partial charge in [-0.05, 0) is 48.4 Å². The van der Waals surface area contributed by atoms with Crippen LogP contribution in [-0.4, -0.2) is 23.7 Å². The number of pyridine rings is 1. The Bertz CT molecular complexity index is 637. The number of rotatable bonds is 6. The first kappa shape index (κ1) is 15.7. The van der Waals surface area contributed by atoms with Gasteiger partial charge in [0.15, 0.2) is 0 Å². The number of nitrogens with one attached hydrogen (secondary N) is 1. The molecular formula is C17H19N3O2. The van der Waals surface area contributed by atoms with E-state index in [0.717, 1.165) is 29.9 Å². The highest BCUT2D eigenvalue weighted by Crippen LogP contribution is 2.14. The van der Waals surface area contributed by atoms with Gasteiger partial charge < -0.3 is 4.74 Å². The summed E-state index contributed by atoms with van der Waals surface area (Å²) in [7, 11) is 1.63. The summed E-state index contributed by atoms with van der Waals surface area (Å²) in [6.45, 7) is 2.07. The number of amides is 1. The van der Waals surface area contributed by atoms with Crippen molar-refractivity contribution in [2.24, 2.45) is 5.10 Å². The molecular weight excluding hydrogens is 278 g/mol. The van der Waals surface area contributed by atoms with Crippen LogP contribution in [0.5, 0.6) is 5.75 Å². The second-order valence-corrected chi connectivity index (χ2v) is 4.72. The lowest BCUT2D eigenvalue weighted by atomic mass is 10.1. The zero-order valence-electron chi connectivity index (χ0n) is 12.7.